The number of carbonyl (C=O) groups excluding carboxylic acids is 1. The first kappa shape index (κ1) is 14.7. The minimum absolute atomic E-state index is 0.0567. The molecule has 0 aliphatic heterocycles. The zero-order chi connectivity index (χ0) is 13.5. The molecule has 3 nitrogen and oxygen atoms in total. The molecule has 0 radical (unpaired) electrons. The predicted molar refractivity (Wildman–Crippen MR) is 74.8 cm³/mol. The normalized spacial score (nSPS) is 10.7. The van der Waals surface area contributed by atoms with Crippen LogP contribution in [-0.2, 0) is 0 Å². The molecule has 1 amide bonds. The van der Waals surface area contributed by atoms with Gasteiger partial charge in [0.25, 0.3) is 5.91 Å². The van der Waals surface area contributed by atoms with Gasteiger partial charge in [0.1, 0.15) is 5.69 Å². The third kappa shape index (κ3) is 3.83. The fraction of sp³-hybridized carbons (Fsp3) is 0.600. The summed E-state index contributed by atoms with van der Waals surface area (Å²) in [6.07, 6.45) is 1.96. The number of pyridine rings is 1. The van der Waals surface area contributed by atoms with Gasteiger partial charge in [-0.3, -0.25) is 4.79 Å². The van der Waals surface area contributed by atoms with E-state index in [1.165, 1.54) is 0 Å². The highest BCUT2D eigenvalue weighted by atomic mass is 16.2. The number of hydrogen-bond acceptors (Lipinski definition) is 2. The van der Waals surface area contributed by atoms with Gasteiger partial charge in [-0.15, -0.1) is 0 Å². The highest BCUT2D eigenvalue weighted by Crippen LogP contribution is 2.13. The monoisotopic (exact) mass is 248 g/mol. The van der Waals surface area contributed by atoms with Crippen molar-refractivity contribution in [1.82, 2.24) is 9.88 Å². The van der Waals surface area contributed by atoms with E-state index in [1.807, 2.05) is 23.1 Å². The largest absolute Gasteiger partial charge is 0.337 e. The molecular formula is C15H24N2O. The number of nitrogens with zero attached hydrogens (tertiary/aromatic N) is 2. The van der Waals surface area contributed by atoms with Gasteiger partial charge in [-0.2, -0.15) is 0 Å². The Morgan fingerprint density at radius 2 is 1.83 bits per heavy atom. The first-order valence-electron chi connectivity index (χ1n) is 6.86. The van der Waals surface area contributed by atoms with Gasteiger partial charge in [-0.05, 0) is 30.9 Å². The second kappa shape index (κ2) is 7.14. The van der Waals surface area contributed by atoms with Gasteiger partial charge in [0, 0.05) is 18.8 Å². The molecule has 0 N–H and O–H groups in total. The third-order valence-electron chi connectivity index (χ3n) is 2.86. The molecule has 1 aromatic rings. The van der Waals surface area contributed by atoms with Crippen molar-refractivity contribution >= 4 is 5.91 Å². The summed E-state index contributed by atoms with van der Waals surface area (Å²) in [7, 11) is 0. The Bertz CT molecular complexity index is 382. The lowest BCUT2D eigenvalue weighted by atomic mass is 10.1. The molecule has 3 heteroatoms. The lowest BCUT2D eigenvalue weighted by Gasteiger charge is -2.21. The van der Waals surface area contributed by atoms with Crippen LogP contribution in [0.25, 0.3) is 0 Å². The molecule has 0 aromatic carbocycles. The Kier molecular flexibility index (Phi) is 5.83. The SMILES string of the molecule is CCCN(CCC)C(=O)c1cccc(C(C)C)n1. The molecule has 1 aromatic heterocycles. The summed E-state index contributed by atoms with van der Waals surface area (Å²) in [6.45, 7) is 9.97. The van der Waals surface area contributed by atoms with Crippen LogP contribution in [0.1, 0.15) is 62.6 Å². The van der Waals surface area contributed by atoms with E-state index in [2.05, 4.69) is 32.7 Å². The molecule has 18 heavy (non-hydrogen) atoms. The first-order chi connectivity index (χ1) is 8.60. The Balaban J connectivity index is 2.90. The summed E-state index contributed by atoms with van der Waals surface area (Å²) >= 11 is 0. The van der Waals surface area contributed by atoms with Crippen LogP contribution in [0, 0.1) is 0 Å². The van der Waals surface area contributed by atoms with Gasteiger partial charge in [-0.25, -0.2) is 4.98 Å². The summed E-state index contributed by atoms with van der Waals surface area (Å²) in [4.78, 5) is 18.7. The molecule has 0 bridgehead atoms. The zero-order valence-corrected chi connectivity index (χ0v) is 11.9. The van der Waals surface area contributed by atoms with E-state index in [4.69, 9.17) is 0 Å². The van der Waals surface area contributed by atoms with Gasteiger partial charge in [0.05, 0.1) is 0 Å². The van der Waals surface area contributed by atoms with Crippen molar-refractivity contribution in [2.24, 2.45) is 0 Å². The van der Waals surface area contributed by atoms with Crippen molar-refractivity contribution in [1.29, 1.82) is 0 Å². The van der Waals surface area contributed by atoms with Crippen LogP contribution in [0.4, 0.5) is 0 Å². The Morgan fingerprint density at radius 3 is 2.33 bits per heavy atom. The maximum absolute atomic E-state index is 12.4. The van der Waals surface area contributed by atoms with Gasteiger partial charge in [-0.1, -0.05) is 33.8 Å². The van der Waals surface area contributed by atoms with Crippen LogP contribution in [-0.4, -0.2) is 28.9 Å². The van der Waals surface area contributed by atoms with E-state index in [1.54, 1.807) is 0 Å². The summed E-state index contributed by atoms with van der Waals surface area (Å²) in [5.41, 5.74) is 1.55. The van der Waals surface area contributed by atoms with Gasteiger partial charge >= 0.3 is 0 Å². The van der Waals surface area contributed by atoms with E-state index < -0.39 is 0 Å². The summed E-state index contributed by atoms with van der Waals surface area (Å²) in [5.74, 6) is 0.407. The lowest BCUT2D eigenvalue weighted by Crippen LogP contribution is -2.33. The highest BCUT2D eigenvalue weighted by Gasteiger charge is 2.16. The number of rotatable bonds is 6. The zero-order valence-electron chi connectivity index (χ0n) is 11.9. The van der Waals surface area contributed by atoms with Crippen LogP contribution in [0.2, 0.25) is 0 Å². The van der Waals surface area contributed by atoms with Crippen LogP contribution < -0.4 is 0 Å². The van der Waals surface area contributed by atoms with Gasteiger partial charge in [0.2, 0.25) is 0 Å². The van der Waals surface area contributed by atoms with E-state index in [-0.39, 0.29) is 5.91 Å². The smallest absolute Gasteiger partial charge is 0.272 e. The first-order valence-corrected chi connectivity index (χ1v) is 6.86. The molecule has 0 spiro atoms. The van der Waals surface area contributed by atoms with Gasteiger partial charge in [0.15, 0.2) is 0 Å². The van der Waals surface area contributed by atoms with Crippen LogP contribution in [0.15, 0.2) is 18.2 Å². The van der Waals surface area contributed by atoms with E-state index in [9.17, 15) is 4.79 Å². The minimum Gasteiger partial charge on any atom is -0.337 e. The van der Waals surface area contributed by atoms with Gasteiger partial charge < -0.3 is 4.90 Å². The van der Waals surface area contributed by atoms with Crippen molar-refractivity contribution in [3.8, 4) is 0 Å². The minimum atomic E-state index is 0.0567. The number of amides is 1. The average molecular weight is 248 g/mol. The second-order valence-electron chi connectivity index (χ2n) is 4.89. The molecule has 100 valence electrons. The molecule has 0 aliphatic carbocycles. The molecule has 0 fully saturated rings. The van der Waals surface area contributed by atoms with E-state index in [0.717, 1.165) is 31.6 Å². The Morgan fingerprint density at radius 1 is 1.22 bits per heavy atom. The van der Waals surface area contributed by atoms with Crippen molar-refractivity contribution < 1.29 is 4.79 Å². The highest BCUT2D eigenvalue weighted by molar-refractivity contribution is 5.92. The Labute approximate surface area is 110 Å². The maximum Gasteiger partial charge on any atom is 0.272 e. The molecule has 0 unspecified atom stereocenters. The van der Waals surface area contributed by atoms with Crippen molar-refractivity contribution in [2.45, 2.75) is 46.5 Å². The second-order valence-corrected chi connectivity index (χ2v) is 4.89. The number of hydrogen-bond donors (Lipinski definition) is 0. The summed E-state index contributed by atoms with van der Waals surface area (Å²) < 4.78 is 0. The van der Waals surface area contributed by atoms with Crippen molar-refractivity contribution in [2.75, 3.05) is 13.1 Å². The summed E-state index contributed by atoms with van der Waals surface area (Å²) in [6, 6.07) is 5.71. The molecule has 0 saturated carbocycles. The molecule has 0 aliphatic rings. The summed E-state index contributed by atoms with van der Waals surface area (Å²) in [5, 5.41) is 0. The van der Waals surface area contributed by atoms with E-state index >= 15 is 0 Å². The molecule has 0 atom stereocenters. The Hall–Kier alpha value is -1.38. The third-order valence-corrected chi connectivity index (χ3v) is 2.86. The van der Waals surface area contributed by atoms with Crippen molar-refractivity contribution in [3.05, 3.63) is 29.6 Å². The average Bonchev–Trinajstić information content (AvgIpc) is 2.38. The van der Waals surface area contributed by atoms with E-state index in [0.29, 0.717) is 11.6 Å². The molecule has 1 heterocycles. The molecule has 1 rings (SSSR count). The topological polar surface area (TPSA) is 33.2 Å². The molecular weight excluding hydrogens is 224 g/mol. The number of aromatic nitrogens is 1. The van der Waals surface area contributed by atoms with Crippen LogP contribution in [0.3, 0.4) is 0 Å². The van der Waals surface area contributed by atoms with Crippen molar-refractivity contribution in [3.63, 3.8) is 0 Å². The molecule has 0 saturated heterocycles. The van der Waals surface area contributed by atoms with Crippen LogP contribution >= 0.6 is 0 Å². The standard InChI is InChI=1S/C15H24N2O/c1-5-10-17(11-6-2)15(18)14-9-7-8-13(16-14)12(3)4/h7-9,12H,5-6,10-11H2,1-4H3. The fourth-order valence-corrected chi connectivity index (χ4v) is 1.91. The van der Waals surface area contributed by atoms with Crippen LogP contribution in [0.5, 0.6) is 0 Å². The predicted octanol–water partition coefficient (Wildman–Crippen LogP) is 3.47. The quantitative estimate of drug-likeness (QED) is 0.772. The number of carbonyl (C=O) groups is 1. The maximum atomic E-state index is 12.4. The lowest BCUT2D eigenvalue weighted by molar-refractivity contribution is 0.0749. The fourth-order valence-electron chi connectivity index (χ4n) is 1.91.